The topological polar surface area (TPSA) is 67.9 Å². The summed E-state index contributed by atoms with van der Waals surface area (Å²) in [4.78, 5) is 26.8. The Labute approximate surface area is 214 Å². The summed E-state index contributed by atoms with van der Waals surface area (Å²) in [5.41, 5.74) is 3.49. The minimum absolute atomic E-state index is 0.0717. The van der Waals surface area contributed by atoms with Crippen LogP contribution >= 0.6 is 0 Å². The highest BCUT2D eigenvalue weighted by Crippen LogP contribution is 2.34. The van der Waals surface area contributed by atoms with E-state index in [1.807, 2.05) is 18.2 Å². The van der Waals surface area contributed by atoms with Gasteiger partial charge in [0, 0.05) is 38.9 Å². The largest absolute Gasteiger partial charge is 0.379 e. The van der Waals surface area contributed by atoms with Crippen molar-refractivity contribution in [1.82, 2.24) is 10.2 Å². The molecule has 0 radical (unpaired) electrons. The van der Waals surface area contributed by atoms with Crippen LogP contribution in [0.15, 0.2) is 66.7 Å². The van der Waals surface area contributed by atoms with Gasteiger partial charge < -0.3 is 14.8 Å². The van der Waals surface area contributed by atoms with Gasteiger partial charge in [-0.15, -0.1) is 0 Å². The molecule has 1 saturated heterocycles. The summed E-state index contributed by atoms with van der Waals surface area (Å²) in [6.45, 7) is 3.41. The number of ether oxygens (including phenoxy) is 2. The summed E-state index contributed by atoms with van der Waals surface area (Å²) < 4.78 is 11.9. The summed E-state index contributed by atoms with van der Waals surface area (Å²) in [6, 6.07) is 18.7. The minimum Gasteiger partial charge on any atom is -0.379 e. The molecule has 1 aliphatic heterocycles. The Kier molecular flexibility index (Phi) is 9.84. The number of morpholine rings is 1. The predicted octanol–water partition coefficient (Wildman–Crippen LogP) is 4.39. The monoisotopic (exact) mass is 490 g/mol. The molecule has 2 aliphatic rings. The van der Waals surface area contributed by atoms with E-state index in [-0.39, 0.29) is 29.8 Å². The van der Waals surface area contributed by atoms with E-state index in [1.54, 1.807) is 7.05 Å². The quantitative estimate of drug-likeness (QED) is 0.374. The summed E-state index contributed by atoms with van der Waals surface area (Å²) in [5, 5.41) is 2.66. The number of hydrogen-bond acceptors (Lipinski definition) is 5. The first kappa shape index (κ1) is 26.3. The first-order chi connectivity index (χ1) is 17.7. The molecule has 192 valence electrons. The van der Waals surface area contributed by atoms with Crippen LogP contribution in [0, 0.1) is 5.92 Å². The first-order valence-electron chi connectivity index (χ1n) is 13.1. The third-order valence-electron chi connectivity index (χ3n) is 7.21. The van der Waals surface area contributed by atoms with Gasteiger partial charge in [-0.05, 0) is 36.0 Å². The van der Waals surface area contributed by atoms with Crippen molar-refractivity contribution in [3.63, 3.8) is 0 Å². The van der Waals surface area contributed by atoms with Gasteiger partial charge in [0.05, 0.1) is 32.0 Å². The smallest absolute Gasteiger partial charge is 0.219 e. The molecule has 1 N–H and O–H groups in total. The van der Waals surface area contributed by atoms with Gasteiger partial charge in [-0.2, -0.15) is 0 Å². The third kappa shape index (κ3) is 7.12. The van der Waals surface area contributed by atoms with E-state index in [9.17, 15) is 9.59 Å². The fourth-order valence-electron chi connectivity index (χ4n) is 5.21. The Morgan fingerprint density at radius 2 is 1.78 bits per heavy atom. The van der Waals surface area contributed by atoms with Gasteiger partial charge >= 0.3 is 0 Å². The standard InChI is InChI=1S/C30H38N2O4/c1-31-29(34)12-8-3-2-7-11-26-28(21-27(33)30(26)32-17-19-35-20-18-32)36-22-23-13-15-25(16-14-23)24-9-5-4-6-10-24/h2,4-7,9-10,13-16,26,28,30H,3,8,11-12,17-22H2,1H3,(H,31,34)/t26-,28-,30+/m0/s1. The van der Waals surface area contributed by atoms with Crippen LogP contribution < -0.4 is 5.32 Å². The van der Waals surface area contributed by atoms with E-state index < -0.39 is 0 Å². The molecule has 6 nitrogen and oxygen atoms in total. The summed E-state index contributed by atoms with van der Waals surface area (Å²) in [7, 11) is 1.67. The van der Waals surface area contributed by atoms with Crippen molar-refractivity contribution in [2.45, 2.75) is 50.9 Å². The van der Waals surface area contributed by atoms with E-state index in [4.69, 9.17) is 9.47 Å². The molecule has 0 bridgehead atoms. The number of ketones is 1. The normalized spacial score (nSPS) is 22.8. The lowest BCUT2D eigenvalue weighted by molar-refractivity contribution is -0.124. The van der Waals surface area contributed by atoms with Gasteiger partial charge in [-0.25, -0.2) is 0 Å². The van der Waals surface area contributed by atoms with Crippen LogP contribution in [-0.4, -0.2) is 62.1 Å². The van der Waals surface area contributed by atoms with E-state index in [0.29, 0.717) is 32.7 Å². The highest BCUT2D eigenvalue weighted by Gasteiger charge is 2.45. The van der Waals surface area contributed by atoms with Crippen molar-refractivity contribution in [1.29, 1.82) is 0 Å². The van der Waals surface area contributed by atoms with Gasteiger partial charge in [0.1, 0.15) is 0 Å². The van der Waals surface area contributed by atoms with E-state index in [1.165, 1.54) is 11.1 Å². The van der Waals surface area contributed by atoms with Crippen molar-refractivity contribution >= 4 is 11.7 Å². The zero-order valence-electron chi connectivity index (χ0n) is 21.2. The number of benzene rings is 2. The van der Waals surface area contributed by atoms with Crippen LogP contribution in [0.2, 0.25) is 0 Å². The second kappa shape index (κ2) is 13.5. The van der Waals surface area contributed by atoms with Crippen LogP contribution in [0.5, 0.6) is 0 Å². The summed E-state index contributed by atoms with van der Waals surface area (Å²) in [5.74, 6) is 0.469. The average Bonchev–Trinajstić information content (AvgIpc) is 3.25. The van der Waals surface area contributed by atoms with Crippen molar-refractivity contribution in [3.05, 3.63) is 72.3 Å². The molecule has 2 aromatic carbocycles. The van der Waals surface area contributed by atoms with E-state index in [0.717, 1.165) is 37.9 Å². The number of nitrogens with zero attached hydrogens (tertiary/aromatic N) is 1. The molecule has 0 spiro atoms. The number of carbonyl (C=O) groups excluding carboxylic acids is 2. The molecule has 3 atom stereocenters. The van der Waals surface area contributed by atoms with Crippen molar-refractivity contribution < 1.29 is 19.1 Å². The van der Waals surface area contributed by atoms with Gasteiger partial charge in [-0.3, -0.25) is 14.5 Å². The fraction of sp³-hybridized carbons (Fsp3) is 0.467. The Morgan fingerprint density at radius 3 is 2.50 bits per heavy atom. The molecule has 1 saturated carbocycles. The maximum absolute atomic E-state index is 13.1. The second-order valence-electron chi connectivity index (χ2n) is 9.61. The number of unbranched alkanes of at least 4 members (excludes halogenated alkanes) is 1. The van der Waals surface area contributed by atoms with Gasteiger partial charge in [0.15, 0.2) is 5.78 Å². The SMILES string of the molecule is CNC(=O)CCCC=CC[C@H]1[C@@H](OCc2ccc(-c3ccccc3)cc2)CC(=O)[C@@H]1N1CCOCC1. The fourth-order valence-corrected chi connectivity index (χ4v) is 5.21. The lowest BCUT2D eigenvalue weighted by Crippen LogP contribution is -2.49. The minimum atomic E-state index is -0.116. The molecule has 0 unspecified atom stereocenters. The lowest BCUT2D eigenvalue weighted by atomic mass is 9.95. The van der Waals surface area contributed by atoms with Crippen LogP contribution in [0.25, 0.3) is 11.1 Å². The predicted molar refractivity (Wildman–Crippen MR) is 141 cm³/mol. The van der Waals surface area contributed by atoms with Crippen LogP contribution in [0.4, 0.5) is 0 Å². The average molecular weight is 491 g/mol. The number of allylic oxidation sites excluding steroid dienone is 2. The van der Waals surface area contributed by atoms with Crippen molar-refractivity contribution in [2.75, 3.05) is 33.4 Å². The van der Waals surface area contributed by atoms with Crippen LogP contribution in [0.1, 0.15) is 37.7 Å². The maximum Gasteiger partial charge on any atom is 0.219 e. The Bertz CT molecular complexity index is 999. The molecular weight excluding hydrogens is 452 g/mol. The number of carbonyl (C=O) groups is 2. The molecule has 2 fully saturated rings. The molecule has 4 rings (SSSR count). The van der Waals surface area contributed by atoms with Crippen molar-refractivity contribution in [3.8, 4) is 11.1 Å². The number of hydrogen-bond donors (Lipinski definition) is 1. The summed E-state index contributed by atoms with van der Waals surface area (Å²) in [6.07, 6.45) is 7.68. The molecule has 1 aliphatic carbocycles. The Hall–Kier alpha value is -2.80. The lowest BCUT2D eigenvalue weighted by Gasteiger charge is -2.35. The van der Waals surface area contributed by atoms with Gasteiger partial charge in [0.25, 0.3) is 0 Å². The maximum atomic E-state index is 13.1. The zero-order valence-corrected chi connectivity index (χ0v) is 21.2. The first-order valence-corrected chi connectivity index (χ1v) is 13.1. The zero-order chi connectivity index (χ0) is 25.2. The molecule has 2 aromatic rings. The Morgan fingerprint density at radius 1 is 1.06 bits per heavy atom. The molecular formula is C30H38N2O4. The molecule has 6 heteroatoms. The number of Topliss-reactive ketones (excluding diaryl/α,β-unsaturated/α-hetero) is 1. The number of rotatable bonds is 11. The highest BCUT2D eigenvalue weighted by molar-refractivity contribution is 5.87. The van der Waals surface area contributed by atoms with Crippen LogP contribution in [0.3, 0.4) is 0 Å². The highest BCUT2D eigenvalue weighted by atomic mass is 16.5. The number of amides is 1. The van der Waals surface area contributed by atoms with Gasteiger partial charge in [0.2, 0.25) is 5.91 Å². The molecule has 1 heterocycles. The third-order valence-corrected chi connectivity index (χ3v) is 7.21. The van der Waals surface area contributed by atoms with E-state index in [2.05, 4.69) is 58.8 Å². The number of nitrogens with one attached hydrogen (secondary N) is 1. The van der Waals surface area contributed by atoms with Crippen molar-refractivity contribution in [2.24, 2.45) is 5.92 Å². The van der Waals surface area contributed by atoms with E-state index >= 15 is 0 Å². The molecule has 36 heavy (non-hydrogen) atoms. The second-order valence-corrected chi connectivity index (χ2v) is 9.61. The Balaban J connectivity index is 1.37. The molecule has 0 aromatic heterocycles. The molecule has 1 amide bonds. The van der Waals surface area contributed by atoms with Gasteiger partial charge in [-0.1, -0.05) is 66.7 Å². The summed E-state index contributed by atoms with van der Waals surface area (Å²) >= 11 is 0. The van der Waals surface area contributed by atoms with Crippen LogP contribution in [-0.2, 0) is 25.7 Å².